The summed E-state index contributed by atoms with van der Waals surface area (Å²) in [6.07, 6.45) is 9.25. The van der Waals surface area contributed by atoms with Gasteiger partial charge < -0.3 is 15.0 Å². The Kier molecular flexibility index (Phi) is 10.0. The highest BCUT2D eigenvalue weighted by Gasteiger charge is 2.28. The number of carbonyl (C=O) groups excluding carboxylic acids is 2. The van der Waals surface area contributed by atoms with Crippen molar-refractivity contribution < 1.29 is 14.3 Å². The Bertz CT molecular complexity index is 1120. The minimum absolute atomic E-state index is 0.00507. The zero-order valence-corrected chi connectivity index (χ0v) is 21.5. The second-order valence-electron chi connectivity index (χ2n) is 7.93. The van der Waals surface area contributed by atoms with E-state index >= 15 is 0 Å². The molecule has 0 bridgehead atoms. The number of ether oxygens (including phenoxy) is 1. The number of allylic oxidation sites excluding steroid dienone is 4. The van der Waals surface area contributed by atoms with Gasteiger partial charge in [0.15, 0.2) is 0 Å². The van der Waals surface area contributed by atoms with E-state index in [1.165, 1.54) is 0 Å². The first-order valence-electron chi connectivity index (χ1n) is 11.9. The second kappa shape index (κ2) is 13.2. The Morgan fingerprint density at radius 1 is 1.00 bits per heavy atom. The zero-order valence-electron chi connectivity index (χ0n) is 20.0. The van der Waals surface area contributed by atoms with Gasteiger partial charge in [-0.3, -0.25) is 9.59 Å². The molecule has 184 valence electrons. The van der Waals surface area contributed by atoms with E-state index in [4.69, 9.17) is 27.9 Å². The van der Waals surface area contributed by atoms with Crippen molar-refractivity contribution in [2.45, 2.75) is 33.1 Å². The van der Waals surface area contributed by atoms with E-state index in [0.717, 1.165) is 0 Å². The monoisotopic (exact) mass is 512 g/mol. The summed E-state index contributed by atoms with van der Waals surface area (Å²) in [6, 6.07) is 14.2. The van der Waals surface area contributed by atoms with Gasteiger partial charge >= 0.3 is 0 Å². The van der Waals surface area contributed by atoms with Gasteiger partial charge in [0.2, 0.25) is 5.91 Å². The zero-order chi connectivity index (χ0) is 25.2. The molecule has 2 aromatic carbocycles. The van der Waals surface area contributed by atoms with E-state index in [0.29, 0.717) is 65.2 Å². The van der Waals surface area contributed by atoms with Gasteiger partial charge in [0, 0.05) is 36.0 Å². The van der Waals surface area contributed by atoms with E-state index in [1.807, 2.05) is 73.4 Å². The molecule has 1 saturated heterocycles. The topological polar surface area (TPSA) is 58.6 Å². The molecule has 0 atom stereocenters. The summed E-state index contributed by atoms with van der Waals surface area (Å²) in [5.74, 6) is 0.813. The normalized spacial score (nSPS) is 15.7. The number of likely N-dealkylation sites (tertiary alicyclic amines) is 1. The molecule has 1 N–H and O–H groups in total. The van der Waals surface area contributed by atoms with E-state index in [2.05, 4.69) is 5.32 Å². The Morgan fingerprint density at radius 3 is 2.40 bits per heavy atom. The standard InChI is InChI=1S/C26H24Cl2N2O3.C2H6/c27-20-11-12-23(21(28)17-20)33-24-10-6-2-5-9-22(24)29-25(31)18-13-15-30(16-14-18)26(32)19-7-3-1-4-8-19;1-2/h1-9,11-12,17-18H,10,13-16H2,(H,29,31);1-2H3. The van der Waals surface area contributed by atoms with Gasteiger partial charge in [-0.25, -0.2) is 0 Å². The van der Waals surface area contributed by atoms with Gasteiger partial charge in [0.25, 0.3) is 5.91 Å². The Balaban J connectivity index is 0.00000167. The number of hydrogen-bond donors (Lipinski definition) is 1. The fourth-order valence-corrected chi connectivity index (χ4v) is 4.30. The average molecular weight is 513 g/mol. The van der Waals surface area contributed by atoms with Crippen LogP contribution < -0.4 is 10.1 Å². The van der Waals surface area contributed by atoms with Gasteiger partial charge in [-0.1, -0.05) is 73.5 Å². The van der Waals surface area contributed by atoms with Crippen molar-refractivity contribution in [3.05, 3.63) is 99.9 Å². The van der Waals surface area contributed by atoms with Crippen molar-refractivity contribution >= 4 is 35.0 Å². The van der Waals surface area contributed by atoms with Crippen LogP contribution in [0.25, 0.3) is 0 Å². The summed E-state index contributed by atoms with van der Waals surface area (Å²) in [5.41, 5.74) is 1.27. The lowest BCUT2D eigenvalue weighted by atomic mass is 9.95. The molecular formula is C28H30Cl2N2O3. The van der Waals surface area contributed by atoms with Gasteiger partial charge in [-0.05, 0) is 49.2 Å². The van der Waals surface area contributed by atoms with Crippen molar-refractivity contribution in [2.24, 2.45) is 5.92 Å². The number of nitrogens with zero attached hydrogens (tertiary/aromatic N) is 1. The van der Waals surface area contributed by atoms with Crippen LogP contribution in [0.3, 0.4) is 0 Å². The first kappa shape index (κ1) is 26.6. The van der Waals surface area contributed by atoms with Crippen LogP contribution in [0.2, 0.25) is 10.0 Å². The SMILES string of the molecule is CC.O=C(NC1=C(Oc2ccc(Cl)cc2Cl)CC=CC=C1)C1CCN(C(=O)c2ccccc2)CC1. The molecule has 4 rings (SSSR count). The van der Waals surface area contributed by atoms with Crippen molar-refractivity contribution in [1.29, 1.82) is 0 Å². The summed E-state index contributed by atoms with van der Waals surface area (Å²) >= 11 is 12.2. The van der Waals surface area contributed by atoms with E-state index < -0.39 is 0 Å². The number of carbonyl (C=O) groups is 2. The highest BCUT2D eigenvalue weighted by atomic mass is 35.5. The number of piperidine rings is 1. The number of halogens is 2. The number of nitrogens with one attached hydrogen (secondary N) is 1. The first-order valence-corrected chi connectivity index (χ1v) is 12.6. The second-order valence-corrected chi connectivity index (χ2v) is 8.77. The summed E-state index contributed by atoms with van der Waals surface area (Å²) in [6.45, 7) is 5.10. The fraction of sp³-hybridized carbons (Fsp3) is 0.286. The molecule has 0 radical (unpaired) electrons. The molecule has 5 nitrogen and oxygen atoms in total. The van der Waals surface area contributed by atoms with Crippen molar-refractivity contribution in [2.75, 3.05) is 13.1 Å². The molecule has 35 heavy (non-hydrogen) atoms. The first-order chi connectivity index (χ1) is 17.0. The average Bonchev–Trinajstić information content (AvgIpc) is 3.12. The van der Waals surface area contributed by atoms with Gasteiger partial charge in [-0.15, -0.1) is 0 Å². The minimum Gasteiger partial charge on any atom is -0.458 e. The lowest BCUT2D eigenvalue weighted by Gasteiger charge is -2.31. The number of hydrogen-bond acceptors (Lipinski definition) is 3. The highest BCUT2D eigenvalue weighted by Crippen LogP contribution is 2.31. The van der Waals surface area contributed by atoms with Crippen molar-refractivity contribution in [3.8, 4) is 5.75 Å². The Labute approximate surface area is 217 Å². The molecule has 2 aliphatic rings. The molecule has 0 unspecified atom stereocenters. The van der Waals surface area contributed by atoms with E-state index in [9.17, 15) is 9.59 Å². The molecule has 1 fully saturated rings. The smallest absolute Gasteiger partial charge is 0.253 e. The summed E-state index contributed by atoms with van der Waals surface area (Å²) < 4.78 is 6.04. The lowest BCUT2D eigenvalue weighted by Crippen LogP contribution is -2.43. The number of rotatable bonds is 5. The molecule has 0 spiro atoms. The van der Waals surface area contributed by atoms with Crippen LogP contribution in [0.4, 0.5) is 0 Å². The van der Waals surface area contributed by atoms with Crippen LogP contribution in [0.1, 0.15) is 43.5 Å². The number of amides is 2. The molecule has 7 heteroatoms. The van der Waals surface area contributed by atoms with Gasteiger partial charge in [-0.2, -0.15) is 0 Å². The molecule has 2 aromatic rings. The number of benzene rings is 2. The lowest BCUT2D eigenvalue weighted by molar-refractivity contribution is -0.125. The maximum Gasteiger partial charge on any atom is 0.253 e. The summed E-state index contributed by atoms with van der Waals surface area (Å²) in [7, 11) is 0. The predicted molar refractivity (Wildman–Crippen MR) is 142 cm³/mol. The largest absolute Gasteiger partial charge is 0.458 e. The van der Waals surface area contributed by atoms with E-state index in [1.54, 1.807) is 18.2 Å². The van der Waals surface area contributed by atoms with Crippen LogP contribution in [-0.2, 0) is 4.79 Å². The van der Waals surface area contributed by atoms with Crippen LogP contribution in [-0.4, -0.2) is 29.8 Å². The van der Waals surface area contributed by atoms with Crippen LogP contribution in [0, 0.1) is 5.92 Å². The third-order valence-electron chi connectivity index (χ3n) is 5.67. The molecule has 0 saturated carbocycles. The summed E-state index contributed by atoms with van der Waals surface area (Å²) in [4.78, 5) is 27.5. The predicted octanol–water partition coefficient (Wildman–Crippen LogP) is 6.79. The highest BCUT2D eigenvalue weighted by molar-refractivity contribution is 6.35. The molecule has 1 aliphatic carbocycles. The van der Waals surface area contributed by atoms with Gasteiger partial charge in [0.1, 0.15) is 11.5 Å². The molecule has 0 aromatic heterocycles. The van der Waals surface area contributed by atoms with Crippen LogP contribution >= 0.6 is 23.2 Å². The molecule has 2 amide bonds. The van der Waals surface area contributed by atoms with Crippen LogP contribution in [0.15, 0.2) is 84.3 Å². The summed E-state index contributed by atoms with van der Waals surface area (Å²) in [5, 5.41) is 3.94. The Morgan fingerprint density at radius 2 is 1.71 bits per heavy atom. The third-order valence-corrected chi connectivity index (χ3v) is 6.20. The maximum atomic E-state index is 13.0. The molecule has 1 heterocycles. The Hall–Kier alpha value is -3.02. The molecule has 1 aliphatic heterocycles. The van der Waals surface area contributed by atoms with E-state index in [-0.39, 0.29) is 17.7 Å². The van der Waals surface area contributed by atoms with Crippen LogP contribution in [0.5, 0.6) is 5.75 Å². The quantitative estimate of drug-likeness (QED) is 0.479. The third kappa shape index (κ3) is 7.23. The fourth-order valence-electron chi connectivity index (χ4n) is 3.85. The molecular weight excluding hydrogens is 483 g/mol. The van der Waals surface area contributed by atoms with Gasteiger partial charge in [0.05, 0.1) is 10.7 Å². The van der Waals surface area contributed by atoms with Crippen molar-refractivity contribution in [3.63, 3.8) is 0 Å². The minimum atomic E-state index is -0.178. The van der Waals surface area contributed by atoms with Crippen molar-refractivity contribution in [1.82, 2.24) is 10.2 Å². The maximum absolute atomic E-state index is 13.0.